The summed E-state index contributed by atoms with van der Waals surface area (Å²) >= 11 is 0. The quantitative estimate of drug-likeness (QED) is 0.0810. The smallest absolute Gasteiger partial charge is 0.200 e. The van der Waals surface area contributed by atoms with Crippen molar-refractivity contribution in [2.24, 2.45) is 0 Å². The molecule has 0 saturated carbocycles. The summed E-state index contributed by atoms with van der Waals surface area (Å²) in [5.41, 5.74) is -10.8. The molecule has 0 aliphatic carbocycles. The van der Waals surface area contributed by atoms with Gasteiger partial charge in [0.15, 0.2) is 93.1 Å². The van der Waals surface area contributed by atoms with Crippen molar-refractivity contribution in [3.05, 3.63) is 138 Å². The molecule has 18 heteroatoms. The minimum Gasteiger partial charge on any atom is -0.203 e. The van der Waals surface area contributed by atoms with Crippen molar-refractivity contribution < 1.29 is 79.0 Å². The maximum absolute atomic E-state index is 14.6. The Balaban J connectivity index is 1.76. The number of benzene rings is 4. The number of halogens is 18. The van der Waals surface area contributed by atoms with E-state index in [0.29, 0.717) is 0 Å². The second kappa shape index (κ2) is 13.2. The highest BCUT2D eigenvalue weighted by Gasteiger charge is 2.28. The van der Waals surface area contributed by atoms with Gasteiger partial charge in [0, 0.05) is 0 Å². The molecule has 0 aliphatic heterocycles. The van der Waals surface area contributed by atoms with Crippen molar-refractivity contribution in [2.45, 2.75) is 0 Å². The first-order valence-corrected chi connectivity index (χ1v) is 12.1. The van der Waals surface area contributed by atoms with Crippen molar-refractivity contribution in [1.29, 1.82) is 0 Å². The molecule has 0 radical (unpaired) electrons. The van der Waals surface area contributed by atoms with Crippen LogP contribution in [0.5, 0.6) is 0 Å². The predicted molar refractivity (Wildman–Crippen MR) is 132 cm³/mol. The summed E-state index contributed by atoms with van der Waals surface area (Å²) in [5.74, 6) is -44.4. The van der Waals surface area contributed by atoms with Gasteiger partial charge in [0.2, 0.25) is 11.6 Å². The van der Waals surface area contributed by atoms with Gasteiger partial charge in [0.25, 0.3) is 0 Å². The maximum atomic E-state index is 14.6. The molecule has 0 bridgehead atoms. The molecule has 0 fully saturated rings. The molecule has 0 heterocycles. The number of rotatable bonds is 6. The molecule has 0 spiro atoms. The lowest BCUT2D eigenvalue weighted by Gasteiger charge is -2.10. The van der Waals surface area contributed by atoms with E-state index in [4.69, 9.17) is 0 Å². The molecule has 4 rings (SSSR count). The second-order valence-electron chi connectivity index (χ2n) is 9.13. The van der Waals surface area contributed by atoms with Crippen LogP contribution in [0.15, 0.2) is 0 Å². The van der Waals surface area contributed by atoms with Gasteiger partial charge in [-0.05, 0) is 36.5 Å². The highest BCUT2D eigenvalue weighted by atomic mass is 19.2. The van der Waals surface area contributed by atoms with Crippen LogP contribution >= 0.6 is 0 Å². The molecule has 0 nitrogen and oxygen atoms in total. The Labute approximate surface area is 254 Å². The second-order valence-corrected chi connectivity index (χ2v) is 9.13. The zero-order valence-electron chi connectivity index (χ0n) is 22.3. The molecule has 48 heavy (non-hydrogen) atoms. The van der Waals surface area contributed by atoms with Crippen LogP contribution in [0.2, 0.25) is 0 Å². The van der Waals surface area contributed by atoms with Gasteiger partial charge in [-0.15, -0.1) is 0 Å². The Morgan fingerprint density at radius 3 is 0.354 bits per heavy atom. The normalized spacial score (nSPS) is 12.1. The Hall–Kier alpha value is -5.16. The third-order valence-electron chi connectivity index (χ3n) is 6.40. The topological polar surface area (TPSA) is 0 Å². The summed E-state index contributed by atoms with van der Waals surface area (Å²) in [6.45, 7) is 0. The molecule has 0 aromatic heterocycles. The highest BCUT2D eigenvalue weighted by molar-refractivity contribution is 5.76. The molecule has 0 amide bonds. The molecule has 0 saturated heterocycles. The molecule has 0 unspecified atom stereocenters. The van der Waals surface area contributed by atoms with Crippen molar-refractivity contribution in [3.8, 4) is 0 Å². The summed E-state index contributed by atoms with van der Waals surface area (Å²) in [5, 5.41) is 0. The van der Waals surface area contributed by atoms with E-state index >= 15 is 0 Å². The lowest BCUT2D eigenvalue weighted by atomic mass is 10.0. The van der Waals surface area contributed by atoms with Crippen LogP contribution in [0.1, 0.15) is 33.4 Å². The monoisotopic (exact) mass is 708 g/mol. The Bertz CT molecular complexity index is 1840. The largest absolute Gasteiger partial charge is 0.203 e. The lowest BCUT2D eigenvalue weighted by molar-refractivity contribution is 0.377. The van der Waals surface area contributed by atoms with Gasteiger partial charge in [0.1, 0.15) is 0 Å². The molecule has 0 N–H and O–H groups in total. The molecule has 252 valence electrons. The number of hydrogen-bond acceptors (Lipinski definition) is 0. The molecular formula is C30H6F18. The first-order valence-electron chi connectivity index (χ1n) is 12.1. The van der Waals surface area contributed by atoms with E-state index in [1.165, 1.54) is 0 Å². The molecular weight excluding hydrogens is 702 g/mol. The predicted octanol–water partition coefficient (Wildman–Crippen LogP) is 10.7. The van der Waals surface area contributed by atoms with Gasteiger partial charge in [0.05, 0.1) is 33.4 Å². The van der Waals surface area contributed by atoms with Crippen LogP contribution in [-0.2, 0) is 0 Å². The van der Waals surface area contributed by atoms with Gasteiger partial charge in [-0.1, -0.05) is 0 Å². The van der Waals surface area contributed by atoms with Crippen molar-refractivity contribution >= 4 is 36.5 Å². The molecule has 4 aromatic rings. The fourth-order valence-electron chi connectivity index (χ4n) is 3.95. The fourth-order valence-corrected chi connectivity index (χ4v) is 3.95. The van der Waals surface area contributed by atoms with E-state index in [-0.39, 0.29) is 36.5 Å². The zero-order chi connectivity index (χ0) is 36.1. The molecule has 0 atom stereocenters. The van der Waals surface area contributed by atoms with Crippen LogP contribution in [0.3, 0.4) is 0 Å². The lowest BCUT2D eigenvalue weighted by Crippen LogP contribution is -2.06. The summed E-state index contributed by atoms with van der Waals surface area (Å²) in [6.07, 6.45) is -0.844. The zero-order valence-corrected chi connectivity index (χ0v) is 22.3. The third kappa shape index (κ3) is 5.79. The first-order chi connectivity index (χ1) is 22.3. The van der Waals surface area contributed by atoms with E-state index in [0.717, 1.165) is 0 Å². The maximum Gasteiger partial charge on any atom is 0.200 e. The van der Waals surface area contributed by atoms with E-state index in [9.17, 15) is 79.0 Å². The minimum atomic E-state index is -2.60. The van der Waals surface area contributed by atoms with Crippen LogP contribution in [0, 0.1) is 105 Å². The van der Waals surface area contributed by atoms with E-state index < -0.39 is 138 Å². The summed E-state index contributed by atoms with van der Waals surface area (Å²) < 4.78 is 252. The Kier molecular flexibility index (Phi) is 9.78. The van der Waals surface area contributed by atoms with Crippen molar-refractivity contribution in [3.63, 3.8) is 0 Å². The molecule has 0 aliphatic rings. The van der Waals surface area contributed by atoms with Crippen LogP contribution in [0.25, 0.3) is 36.5 Å². The van der Waals surface area contributed by atoms with Crippen molar-refractivity contribution in [1.82, 2.24) is 0 Å². The minimum absolute atomic E-state index is 0.134. The van der Waals surface area contributed by atoms with Gasteiger partial charge in [-0.3, -0.25) is 0 Å². The highest BCUT2D eigenvalue weighted by Crippen LogP contribution is 2.32. The molecule has 4 aromatic carbocycles. The fraction of sp³-hybridized carbons (Fsp3) is 0. The SMILES string of the molecule is Fc1c(F)c(F)c(/C=C/c2c(F)c(F)c(/C=C/c3c(F)c(F)c(/C=C/c4c(F)c(F)c(F)c(F)c4F)c(F)c3F)c(F)c2F)c(F)c1F. The van der Waals surface area contributed by atoms with E-state index in [1.807, 2.05) is 0 Å². The van der Waals surface area contributed by atoms with Crippen LogP contribution in [0.4, 0.5) is 79.0 Å². The summed E-state index contributed by atoms with van der Waals surface area (Å²) in [7, 11) is 0. The Morgan fingerprint density at radius 2 is 0.229 bits per heavy atom. The van der Waals surface area contributed by atoms with Crippen LogP contribution < -0.4 is 0 Å². The van der Waals surface area contributed by atoms with E-state index in [2.05, 4.69) is 0 Å². The van der Waals surface area contributed by atoms with Crippen molar-refractivity contribution in [2.75, 3.05) is 0 Å². The van der Waals surface area contributed by atoms with E-state index in [1.54, 1.807) is 0 Å². The first kappa shape index (κ1) is 35.7. The van der Waals surface area contributed by atoms with Crippen LogP contribution in [-0.4, -0.2) is 0 Å². The van der Waals surface area contributed by atoms with Gasteiger partial charge < -0.3 is 0 Å². The third-order valence-corrected chi connectivity index (χ3v) is 6.40. The average Bonchev–Trinajstić information content (AvgIpc) is 3.06. The summed E-state index contributed by atoms with van der Waals surface area (Å²) in [4.78, 5) is 0. The number of hydrogen-bond donors (Lipinski definition) is 0. The van der Waals surface area contributed by atoms with Gasteiger partial charge in [-0.2, -0.15) is 0 Å². The van der Waals surface area contributed by atoms with Gasteiger partial charge >= 0.3 is 0 Å². The Morgan fingerprint density at radius 1 is 0.146 bits per heavy atom. The van der Waals surface area contributed by atoms with Gasteiger partial charge in [-0.25, -0.2) is 79.0 Å². The standard InChI is InChI=1S/C30H6F18/c31-13-7(14(32)18(36)9(17(13)35)3-5-11-21(39)25(43)29(47)26(44)22(11)40)1-2-8-15(33)19(37)10(20(38)16(8)34)4-6-12-23(41)27(45)30(48)28(46)24(12)42/h1-6H/b2-1+,5-3+,6-4+. The average molecular weight is 708 g/mol. The summed E-state index contributed by atoms with van der Waals surface area (Å²) in [6, 6.07) is 0.